The van der Waals surface area contributed by atoms with Gasteiger partial charge in [-0.25, -0.2) is 9.97 Å². The summed E-state index contributed by atoms with van der Waals surface area (Å²) in [5.74, 6) is 0.413. The Balaban J connectivity index is 1.49. The quantitative estimate of drug-likeness (QED) is 0.620. The van der Waals surface area contributed by atoms with E-state index in [2.05, 4.69) is 45.7 Å². The number of aromatic nitrogens is 2. The summed E-state index contributed by atoms with van der Waals surface area (Å²) in [5.41, 5.74) is 4.92. The van der Waals surface area contributed by atoms with E-state index in [1.807, 2.05) is 37.3 Å². The Morgan fingerprint density at radius 2 is 1.81 bits per heavy atom. The van der Waals surface area contributed by atoms with Gasteiger partial charge < -0.3 is 10.6 Å². The van der Waals surface area contributed by atoms with Crippen LogP contribution in [0.4, 0.5) is 11.5 Å². The van der Waals surface area contributed by atoms with Gasteiger partial charge in [-0.2, -0.15) is 0 Å². The molecule has 0 fully saturated rings. The molecule has 0 saturated heterocycles. The summed E-state index contributed by atoms with van der Waals surface area (Å²) in [7, 11) is 0. The highest BCUT2D eigenvalue weighted by molar-refractivity contribution is 5.92. The van der Waals surface area contributed by atoms with Crippen LogP contribution in [0.5, 0.6) is 0 Å². The Labute approximate surface area is 159 Å². The lowest BCUT2D eigenvalue weighted by Gasteiger charge is -2.10. The number of carbonyl (C=O) groups is 1. The van der Waals surface area contributed by atoms with Gasteiger partial charge in [0, 0.05) is 12.2 Å². The molecule has 0 unspecified atom stereocenters. The number of aryl methyl sites for hydroxylation is 3. The zero-order valence-corrected chi connectivity index (χ0v) is 15.7. The molecule has 1 amide bonds. The zero-order valence-electron chi connectivity index (χ0n) is 15.7. The smallest absolute Gasteiger partial charge is 0.271 e. The van der Waals surface area contributed by atoms with Gasteiger partial charge in [0.2, 0.25) is 0 Å². The second-order valence-electron chi connectivity index (χ2n) is 6.58. The predicted molar refractivity (Wildman–Crippen MR) is 108 cm³/mol. The minimum Gasteiger partial charge on any atom is -0.351 e. The monoisotopic (exact) mass is 360 g/mol. The molecule has 5 nitrogen and oxygen atoms in total. The molecule has 3 rings (SSSR count). The number of anilines is 2. The number of benzene rings is 2. The van der Waals surface area contributed by atoms with Gasteiger partial charge >= 0.3 is 0 Å². The summed E-state index contributed by atoms with van der Waals surface area (Å²) < 4.78 is 0. The molecule has 138 valence electrons. The van der Waals surface area contributed by atoms with E-state index in [0.717, 1.165) is 24.1 Å². The molecule has 3 aromatic rings. The minimum atomic E-state index is -0.200. The fraction of sp³-hybridized carbons (Fsp3) is 0.227. The summed E-state index contributed by atoms with van der Waals surface area (Å²) in [4.78, 5) is 20.7. The largest absolute Gasteiger partial charge is 0.351 e. The number of amides is 1. The Morgan fingerprint density at radius 1 is 1.00 bits per heavy atom. The first-order valence-corrected chi connectivity index (χ1v) is 9.10. The Hall–Kier alpha value is -3.21. The highest BCUT2D eigenvalue weighted by Gasteiger charge is 2.08. The maximum absolute atomic E-state index is 12.2. The van der Waals surface area contributed by atoms with E-state index < -0.39 is 0 Å². The minimum absolute atomic E-state index is 0.200. The molecule has 0 aliphatic rings. The molecule has 0 saturated carbocycles. The van der Waals surface area contributed by atoms with Gasteiger partial charge in [0.05, 0.1) is 12.4 Å². The van der Waals surface area contributed by atoms with Crippen LogP contribution < -0.4 is 10.6 Å². The molecule has 0 bridgehead atoms. The zero-order chi connectivity index (χ0) is 19.1. The number of nitrogens with zero attached hydrogens (tertiary/aromatic N) is 2. The lowest BCUT2D eigenvalue weighted by molar-refractivity contribution is 0.0948. The van der Waals surface area contributed by atoms with E-state index in [9.17, 15) is 4.79 Å². The van der Waals surface area contributed by atoms with Gasteiger partial charge in [0.25, 0.3) is 5.91 Å². The maximum atomic E-state index is 12.2. The second kappa shape index (κ2) is 8.94. The van der Waals surface area contributed by atoms with Crippen LogP contribution in [0, 0.1) is 13.8 Å². The van der Waals surface area contributed by atoms with Crippen LogP contribution in [0.25, 0.3) is 0 Å². The molecule has 0 atom stereocenters. The number of rotatable bonds is 7. The highest BCUT2D eigenvalue weighted by atomic mass is 16.1. The van der Waals surface area contributed by atoms with Crippen molar-refractivity contribution in [3.05, 3.63) is 83.3 Å². The lowest BCUT2D eigenvalue weighted by atomic mass is 10.1. The van der Waals surface area contributed by atoms with Crippen LogP contribution in [-0.2, 0) is 6.42 Å². The van der Waals surface area contributed by atoms with Crippen LogP contribution in [0.2, 0.25) is 0 Å². The topological polar surface area (TPSA) is 66.9 Å². The second-order valence-corrected chi connectivity index (χ2v) is 6.58. The van der Waals surface area contributed by atoms with Gasteiger partial charge in [-0.1, -0.05) is 48.0 Å². The highest BCUT2D eigenvalue weighted by Crippen LogP contribution is 2.19. The van der Waals surface area contributed by atoms with Crippen molar-refractivity contribution in [3.63, 3.8) is 0 Å². The summed E-state index contributed by atoms with van der Waals surface area (Å²) in [6.07, 6.45) is 4.90. The molecular weight excluding hydrogens is 336 g/mol. The fourth-order valence-corrected chi connectivity index (χ4v) is 2.83. The van der Waals surface area contributed by atoms with Crippen molar-refractivity contribution < 1.29 is 4.79 Å². The molecule has 0 spiro atoms. The third-order valence-electron chi connectivity index (χ3n) is 4.30. The van der Waals surface area contributed by atoms with Crippen molar-refractivity contribution in [1.82, 2.24) is 15.3 Å². The standard InChI is InChI=1S/C22H24N4O/c1-16-10-11-19(17(2)13-16)26-21-15-24-20(14-25-21)22(27)23-12-6-9-18-7-4-3-5-8-18/h3-5,7-8,10-11,13-15H,6,9,12H2,1-2H3,(H,23,27)(H,25,26). The van der Waals surface area contributed by atoms with Crippen molar-refractivity contribution >= 4 is 17.4 Å². The van der Waals surface area contributed by atoms with Gasteiger partial charge in [-0.05, 0) is 43.9 Å². The fourth-order valence-electron chi connectivity index (χ4n) is 2.83. The van der Waals surface area contributed by atoms with Crippen LogP contribution in [0.3, 0.4) is 0 Å². The first kappa shape index (κ1) is 18.6. The molecule has 27 heavy (non-hydrogen) atoms. The van der Waals surface area contributed by atoms with Gasteiger partial charge in [0.15, 0.2) is 0 Å². The van der Waals surface area contributed by atoms with Crippen molar-refractivity contribution in [2.75, 3.05) is 11.9 Å². The maximum Gasteiger partial charge on any atom is 0.271 e. The van der Waals surface area contributed by atoms with E-state index in [1.54, 1.807) is 6.20 Å². The summed E-state index contributed by atoms with van der Waals surface area (Å²) >= 11 is 0. The van der Waals surface area contributed by atoms with E-state index in [4.69, 9.17) is 0 Å². The Kier molecular flexibility index (Phi) is 6.15. The van der Waals surface area contributed by atoms with E-state index in [-0.39, 0.29) is 5.91 Å². The normalized spacial score (nSPS) is 10.4. The van der Waals surface area contributed by atoms with Crippen LogP contribution >= 0.6 is 0 Å². The van der Waals surface area contributed by atoms with Crippen molar-refractivity contribution in [1.29, 1.82) is 0 Å². The predicted octanol–water partition coefficient (Wildman–Crippen LogP) is 4.20. The van der Waals surface area contributed by atoms with Crippen LogP contribution in [0.15, 0.2) is 60.9 Å². The number of hydrogen-bond acceptors (Lipinski definition) is 4. The Morgan fingerprint density at radius 3 is 2.52 bits per heavy atom. The van der Waals surface area contributed by atoms with Crippen molar-refractivity contribution in [2.45, 2.75) is 26.7 Å². The average molecular weight is 360 g/mol. The van der Waals surface area contributed by atoms with Gasteiger partial charge in [-0.15, -0.1) is 0 Å². The Bertz CT molecular complexity index is 892. The molecule has 2 N–H and O–H groups in total. The molecule has 2 aromatic carbocycles. The van der Waals surface area contributed by atoms with Gasteiger partial charge in [-0.3, -0.25) is 4.79 Å². The molecule has 1 aromatic heterocycles. The molecule has 0 aliphatic carbocycles. The average Bonchev–Trinajstić information content (AvgIpc) is 2.69. The first-order chi connectivity index (χ1) is 13.1. The first-order valence-electron chi connectivity index (χ1n) is 9.10. The summed E-state index contributed by atoms with van der Waals surface area (Å²) in [6.45, 7) is 4.71. The van der Waals surface area contributed by atoms with Crippen LogP contribution in [-0.4, -0.2) is 22.4 Å². The molecule has 0 aliphatic heterocycles. The van der Waals surface area contributed by atoms with Crippen LogP contribution in [0.1, 0.15) is 33.6 Å². The summed E-state index contributed by atoms with van der Waals surface area (Å²) in [5, 5.41) is 6.12. The van der Waals surface area contributed by atoms with E-state index in [0.29, 0.717) is 18.1 Å². The van der Waals surface area contributed by atoms with Crippen molar-refractivity contribution in [3.8, 4) is 0 Å². The van der Waals surface area contributed by atoms with E-state index >= 15 is 0 Å². The molecule has 0 radical (unpaired) electrons. The molecular formula is C22H24N4O. The number of carbonyl (C=O) groups excluding carboxylic acids is 1. The van der Waals surface area contributed by atoms with E-state index in [1.165, 1.54) is 17.3 Å². The number of nitrogens with one attached hydrogen (secondary N) is 2. The van der Waals surface area contributed by atoms with Gasteiger partial charge in [0.1, 0.15) is 11.5 Å². The third-order valence-corrected chi connectivity index (χ3v) is 4.30. The summed E-state index contributed by atoms with van der Waals surface area (Å²) in [6, 6.07) is 16.4. The lowest BCUT2D eigenvalue weighted by Crippen LogP contribution is -2.25. The molecule has 1 heterocycles. The SMILES string of the molecule is Cc1ccc(Nc2cnc(C(=O)NCCCc3ccccc3)cn2)c(C)c1. The van der Waals surface area contributed by atoms with Crippen molar-refractivity contribution in [2.24, 2.45) is 0 Å². The molecule has 5 heteroatoms. The third kappa shape index (κ3) is 5.38. The number of hydrogen-bond donors (Lipinski definition) is 2.